The Labute approximate surface area is 121 Å². The smallest absolute Gasteiger partial charge is 0.124 e. The number of likely N-dealkylation sites (N-methyl/N-ethyl adjacent to an activating group) is 1. The van der Waals surface area contributed by atoms with Gasteiger partial charge in [-0.05, 0) is 43.3 Å². The van der Waals surface area contributed by atoms with Crippen LogP contribution in [-0.2, 0) is 6.42 Å². The van der Waals surface area contributed by atoms with Gasteiger partial charge in [0, 0.05) is 28.8 Å². The van der Waals surface area contributed by atoms with Crippen molar-refractivity contribution in [2.45, 2.75) is 19.4 Å². The molecule has 19 heavy (non-hydrogen) atoms. The molecule has 1 unspecified atom stereocenters. The quantitative estimate of drug-likeness (QED) is 0.926. The van der Waals surface area contributed by atoms with Crippen molar-refractivity contribution >= 4 is 15.9 Å². The van der Waals surface area contributed by atoms with Crippen LogP contribution in [0.15, 0.2) is 41.0 Å². The van der Waals surface area contributed by atoms with Gasteiger partial charge in [-0.1, -0.05) is 28.1 Å². The zero-order chi connectivity index (χ0) is 13.8. The molecule has 1 N–H and O–H groups in total. The van der Waals surface area contributed by atoms with Gasteiger partial charge in [-0.15, -0.1) is 0 Å². The van der Waals surface area contributed by atoms with Crippen molar-refractivity contribution in [3.05, 3.63) is 63.6 Å². The summed E-state index contributed by atoms with van der Waals surface area (Å²) in [6, 6.07) is 8.86. The van der Waals surface area contributed by atoms with E-state index in [1.807, 2.05) is 13.1 Å². The van der Waals surface area contributed by atoms with Crippen molar-refractivity contribution in [1.82, 2.24) is 10.3 Å². The second kappa shape index (κ2) is 6.26. The molecule has 2 aromatic rings. The van der Waals surface area contributed by atoms with E-state index >= 15 is 0 Å². The molecule has 0 saturated carbocycles. The lowest BCUT2D eigenvalue weighted by atomic mass is 10.00. The zero-order valence-electron chi connectivity index (χ0n) is 11.0. The first-order valence-electron chi connectivity index (χ1n) is 6.14. The minimum absolute atomic E-state index is 0.101. The standard InChI is InChI=1S/C15H16BrFN2/c1-10-4-3-7-19-14(10)9-15(18-2)12-6-5-11(17)8-13(12)16/h3-8,15,18H,9H2,1-2H3. The fraction of sp³-hybridized carbons (Fsp3) is 0.267. The number of rotatable bonds is 4. The third-order valence-corrected chi connectivity index (χ3v) is 3.89. The Hall–Kier alpha value is -1.26. The van der Waals surface area contributed by atoms with Crippen molar-refractivity contribution in [2.24, 2.45) is 0 Å². The Kier molecular flexibility index (Phi) is 4.66. The Balaban J connectivity index is 2.28. The van der Waals surface area contributed by atoms with Crippen molar-refractivity contribution in [2.75, 3.05) is 7.05 Å². The number of aromatic nitrogens is 1. The maximum Gasteiger partial charge on any atom is 0.124 e. The Morgan fingerprint density at radius 1 is 1.37 bits per heavy atom. The summed E-state index contributed by atoms with van der Waals surface area (Å²) in [7, 11) is 1.90. The topological polar surface area (TPSA) is 24.9 Å². The van der Waals surface area contributed by atoms with Gasteiger partial charge < -0.3 is 5.32 Å². The van der Waals surface area contributed by atoms with Gasteiger partial charge in [0.25, 0.3) is 0 Å². The molecule has 0 fully saturated rings. The van der Waals surface area contributed by atoms with Gasteiger partial charge >= 0.3 is 0 Å². The summed E-state index contributed by atoms with van der Waals surface area (Å²) in [6.07, 6.45) is 2.57. The number of nitrogens with one attached hydrogen (secondary N) is 1. The summed E-state index contributed by atoms with van der Waals surface area (Å²) >= 11 is 3.42. The van der Waals surface area contributed by atoms with Gasteiger partial charge in [-0.3, -0.25) is 4.98 Å². The highest BCUT2D eigenvalue weighted by molar-refractivity contribution is 9.10. The van der Waals surface area contributed by atoms with Crippen molar-refractivity contribution in [3.63, 3.8) is 0 Å². The Bertz CT molecular complexity index is 572. The van der Waals surface area contributed by atoms with Gasteiger partial charge in [0.05, 0.1) is 0 Å². The minimum atomic E-state index is -0.237. The SMILES string of the molecule is CNC(Cc1ncccc1C)c1ccc(F)cc1Br. The normalized spacial score (nSPS) is 12.4. The number of hydrogen-bond donors (Lipinski definition) is 1. The average Bonchev–Trinajstić information content (AvgIpc) is 2.39. The summed E-state index contributed by atoms with van der Waals surface area (Å²) in [5.41, 5.74) is 3.26. The molecule has 100 valence electrons. The van der Waals surface area contributed by atoms with Crippen LogP contribution in [0.25, 0.3) is 0 Å². The van der Waals surface area contributed by atoms with Crippen LogP contribution in [0.4, 0.5) is 4.39 Å². The number of nitrogens with zero attached hydrogens (tertiary/aromatic N) is 1. The Morgan fingerprint density at radius 3 is 2.79 bits per heavy atom. The first-order chi connectivity index (χ1) is 9.11. The lowest BCUT2D eigenvalue weighted by Gasteiger charge is -2.18. The molecule has 0 bridgehead atoms. The molecule has 1 aromatic carbocycles. The number of benzene rings is 1. The van der Waals surface area contributed by atoms with E-state index in [4.69, 9.17) is 0 Å². The molecule has 0 spiro atoms. The van der Waals surface area contributed by atoms with Crippen LogP contribution < -0.4 is 5.32 Å². The molecular weight excluding hydrogens is 307 g/mol. The molecule has 4 heteroatoms. The van der Waals surface area contributed by atoms with Crippen molar-refractivity contribution in [3.8, 4) is 0 Å². The zero-order valence-corrected chi connectivity index (χ0v) is 12.5. The number of pyridine rings is 1. The lowest BCUT2D eigenvalue weighted by Crippen LogP contribution is -2.20. The summed E-state index contributed by atoms with van der Waals surface area (Å²) in [5, 5.41) is 3.26. The molecule has 0 aliphatic carbocycles. The van der Waals surface area contributed by atoms with Crippen LogP contribution >= 0.6 is 15.9 Å². The fourth-order valence-corrected chi connectivity index (χ4v) is 2.70. The van der Waals surface area contributed by atoms with Crippen LogP contribution in [0.5, 0.6) is 0 Å². The van der Waals surface area contributed by atoms with E-state index in [1.54, 1.807) is 12.3 Å². The number of halogens is 2. The molecule has 2 rings (SSSR count). The molecule has 2 nitrogen and oxygen atoms in total. The van der Waals surface area contributed by atoms with Gasteiger partial charge in [0.2, 0.25) is 0 Å². The van der Waals surface area contributed by atoms with Crippen LogP contribution in [-0.4, -0.2) is 12.0 Å². The molecule has 0 radical (unpaired) electrons. The van der Waals surface area contributed by atoms with E-state index in [0.717, 1.165) is 22.2 Å². The summed E-state index contributed by atoms with van der Waals surface area (Å²) in [4.78, 5) is 4.41. The summed E-state index contributed by atoms with van der Waals surface area (Å²) < 4.78 is 13.9. The van der Waals surface area contributed by atoms with E-state index in [2.05, 4.69) is 39.2 Å². The lowest BCUT2D eigenvalue weighted by molar-refractivity contribution is 0.575. The van der Waals surface area contributed by atoms with Crippen LogP contribution in [0.3, 0.4) is 0 Å². The van der Waals surface area contributed by atoms with E-state index < -0.39 is 0 Å². The molecular formula is C15H16BrFN2. The molecule has 0 aliphatic heterocycles. The van der Waals surface area contributed by atoms with E-state index in [0.29, 0.717) is 0 Å². The third kappa shape index (κ3) is 3.39. The van der Waals surface area contributed by atoms with E-state index in [-0.39, 0.29) is 11.9 Å². The van der Waals surface area contributed by atoms with Gasteiger partial charge in [-0.2, -0.15) is 0 Å². The van der Waals surface area contributed by atoms with Crippen molar-refractivity contribution < 1.29 is 4.39 Å². The summed E-state index contributed by atoms with van der Waals surface area (Å²) in [5.74, 6) is -0.237. The van der Waals surface area contributed by atoms with Crippen molar-refractivity contribution in [1.29, 1.82) is 0 Å². The first-order valence-corrected chi connectivity index (χ1v) is 6.94. The molecule has 1 heterocycles. The van der Waals surface area contributed by atoms with Gasteiger partial charge in [0.15, 0.2) is 0 Å². The predicted octanol–water partition coefficient (Wildman–Crippen LogP) is 3.79. The minimum Gasteiger partial charge on any atom is -0.313 e. The first kappa shape index (κ1) is 14.2. The third-order valence-electron chi connectivity index (χ3n) is 3.20. The van der Waals surface area contributed by atoms with Gasteiger partial charge in [-0.25, -0.2) is 4.39 Å². The highest BCUT2D eigenvalue weighted by Crippen LogP contribution is 2.27. The number of aryl methyl sites for hydroxylation is 1. The van der Waals surface area contributed by atoms with E-state index in [9.17, 15) is 4.39 Å². The fourth-order valence-electron chi connectivity index (χ4n) is 2.08. The molecule has 0 saturated heterocycles. The van der Waals surface area contributed by atoms with Crippen LogP contribution in [0.1, 0.15) is 22.9 Å². The van der Waals surface area contributed by atoms with Gasteiger partial charge in [0.1, 0.15) is 5.82 Å². The highest BCUT2D eigenvalue weighted by Gasteiger charge is 2.15. The van der Waals surface area contributed by atoms with Crippen LogP contribution in [0.2, 0.25) is 0 Å². The van der Waals surface area contributed by atoms with Crippen LogP contribution in [0, 0.1) is 12.7 Å². The molecule has 1 aromatic heterocycles. The number of hydrogen-bond acceptors (Lipinski definition) is 2. The largest absolute Gasteiger partial charge is 0.313 e. The molecule has 1 atom stereocenters. The second-order valence-electron chi connectivity index (χ2n) is 4.48. The maximum absolute atomic E-state index is 13.1. The average molecular weight is 323 g/mol. The van der Waals surface area contributed by atoms with E-state index in [1.165, 1.54) is 17.7 Å². The second-order valence-corrected chi connectivity index (χ2v) is 5.33. The Morgan fingerprint density at radius 2 is 2.16 bits per heavy atom. The predicted molar refractivity (Wildman–Crippen MR) is 78.6 cm³/mol. The maximum atomic E-state index is 13.1. The summed E-state index contributed by atoms with van der Waals surface area (Å²) in [6.45, 7) is 2.05. The monoisotopic (exact) mass is 322 g/mol. The molecule has 0 aliphatic rings. The molecule has 0 amide bonds. The highest BCUT2D eigenvalue weighted by atomic mass is 79.9.